The van der Waals surface area contributed by atoms with E-state index in [9.17, 15) is 9.59 Å². The summed E-state index contributed by atoms with van der Waals surface area (Å²) < 4.78 is 11.1. The average molecular weight is 387 g/mol. The lowest BCUT2D eigenvalue weighted by molar-refractivity contribution is -0.122. The molecule has 1 saturated heterocycles. The zero-order valence-corrected chi connectivity index (χ0v) is 15.6. The number of hydrogen-bond acceptors (Lipinski definition) is 4. The Balaban J connectivity index is 1.49. The van der Waals surface area contributed by atoms with Crippen LogP contribution in [0.3, 0.4) is 0 Å². The molecule has 1 atom stereocenters. The lowest BCUT2D eigenvalue weighted by Crippen LogP contribution is -2.28. The molecule has 0 aliphatic carbocycles. The van der Waals surface area contributed by atoms with Crippen LogP contribution in [-0.2, 0) is 9.59 Å². The Morgan fingerprint density at radius 3 is 2.74 bits per heavy atom. The van der Waals surface area contributed by atoms with Crippen molar-refractivity contribution >= 4 is 34.8 Å². The molecule has 0 spiro atoms. The zero-order chi connectivity index (χ0) is 19.0. The molecule has 0 bridgehead atoms. The minimum absolute atomic E-state index is 0.0883. The first-order valence-corrected chi connectivity index (χ1v) is 9.16. The van der Waals surface area contributed by atoms with Gasteiger partial charge in [-0.3, -0.25) is 9.59 Å². The molecule has 1 unspecified atom stereocenters. The van der Waals surface area contributed by atoms with Crippen molar-refractivity contribution in [2.24, 2.45) is 5.92 Å². The highest BCUT2D eigenvalue weighted by atomic mass is 35.5. The lowest BCUT2D eigenvalue weighted by Gasteiger charge is -2.22. The van der Waals surface area contributed by atoms with Gasteiger partial charge in [0.15, 0.2) is 11.5 Å². The molecule has 4 rings (SSSR count). The number of fused-ring (bicyclic) bond motifs is 1. The van der Waals surface area contributed by atoms with Gasteiger partial charge < -0.3 is 19.7 Å². The summed E-state index contributed by atoms with van der Waals surface area (Å²) in [6.07, 6.45) is 0.167. The van der Waals surface area contributed by atoms with Gasteiger partial charge in [0, 0.05) is 35.4 Å². The van der Waals surface area contributed by atoms with Crippen LogP contribution in [0.15, 0.2) is 36.4 Å². The van der Waals surface area contributed by atoms with Crippen LogP contribution in [0.2, 0.25) is 5.02 Å². The van der Waals surface area contributed by atoms with Crippen LogP contribution in [0.5, 0.6) is 11.5 Å². The number of aryl methyl sites for hydroxylation is 1. The van der Waals surface area contributed by atoms with Crippen molar-refractivity contribution in [2.75, 3.05) is 30.0 Å². The van der Waals surface area contributed by atoms with E-state index < -0.39 is 5.92 Å². The van der Waals surface area contributed by atoms with Crippen molar-refractivity contribution in [3.05, 3.63) is 47.0 Å². The van der Waals surface area contributed by atoms with Crippen LogP contribution >= 0.6 is 11.6 Å². The summed E-state index contributed by atoms with van der Waals surface area (Å²) >= 11 is 6.01. The highest BCUT2D eigenvalue weighted by molar-refractivity contribution is 6.31. The van der Waals surface area contributed by atoms with E-state index in [2.05, 4.69) is 5.32 Å². The maximum Gasteiger partial charge on any atom is 0.229 e. The molecule has 2 heterocycles. The van der Waals surface area contributed by atoms with E-state index in [1.54, 1.807) is 29.2 Å². The van der Waals surface area contributed by atoms with E-state index >= 15 is 0 Å². The predicted molar refractivity (Wildman–Crippen MR) is 103 cm³/mol. The maximum absolute atomic E-state index is 12.7. The van der Waals surface area contributed by atoms with Crippen molar-refractivity contribution in [1.29, 1.82) is 0 Å². The number of amides is 2. The number of nitrogens with zero attached hydrogens (tertiary/aromatic N) is 1. The molecular formula is C20H19ClN2O4. The standard InChI is InChI=1S/C20H19ClN2O4/c1-12-2-3-14(21)9-16(12)22-20(25)13-8-19(24)23(11-13)15-4-5-17-18(10-15)27-7-6-26-17/h2-5,9-10,13H,6-8,11H2,1H3,(H,22,25). The van der Waals surface area contributed by atoms with Gasteiger partial charge in [0.05, 0.1) is 5.92 Å². The number of benzene rings is 2. The molecule has 27 heavy (non-hydrogen) atoms. The Bertz CT molecular complexity index is 915. The normalized spacial score (nSPS) is 18.5. The van der Waals surface area contributed by atoms with Crippen molar-refractivity contribution in [3.8, 4) is 11.5 Å². The van der Waals surface area contributed by atoms with E-state index in [1.165, 1.54) is 0 Å². The van der Waals surface area contributed by atoms with Crippen molar-refractivity contribution in [2.45, 2.75) is 13.3 Å². The maximum atomic E-state index is 12.7. The second kappa shape index (κ2) is 7.12. The van der Waals surface area contributed by atoms with E-state index in [-0.39, 0.29) is 18.2 Å². The summed E-state index contributed by atoms with van der Waals surface area (Å²) in [5.41, 5.74) is 2.29. The van der Waals surface area contributed by atoms with Gasteiger partial charge in [0.2, 0.25) is 11.8 Å². The zero-order valence-electron chi connectivity index (χ0n) is 14.8. The molecule has 1 N–H and O–H groups in total. The predicted octanol–water partition coefficient (Wildman–Crippen LogP) is 3.41. The summed E-state index contributed by atoms with van der Waals surface area (Å²) in [7, 11) is 0. The molecule has 2 aromatic carbocycles. The molecule has 7 heteroatoms. The molecule has 1 fully saturated rings. The highest BCUT2D eigenvalue weighted by Crippen LogP contribution is 2.36. The molecule has 140 valence electrons. The molecule has 0 aromatic heterocycles. The van der Waals surface area contributed by atoms with Gasteiger partial charge in [-0.05, 0) is 36.8 Å². The van der Waals surface area contributed by atoms with Gasteiger partial charge in [-0.25, -0.2) is 0 Å². The number of nitrogens with one attached hydrogen (secondary N) is 1. The Morgan fingerprint density at radius 1 is 1.15 bits per heavy atom. The van der Waals surface area contributed by atoms with E-state index in [0.29, 0.717) is 47.7 Å². The second-order valence-electron chi connectivity index (χ2n) is 6.68. The number of halogens is 1. The molecule has 0 radical (unpaired) electrons. The number of hydrogen-bond donors (Lipinski definition) is 1. The van der Waals surface area contributed by atoms with Crippen molar-refractivity contribution < 1.29 is 19.1 Å². The number of ether oxygens (including phenoxy) is 2. The smallest absolute Gasteiger partial charge is 0.229 e. The number of carbonyl (C=O) groups is 2. The van der Waals surface area contributed by atoms with Gasteiger partial charge in [-0.15, -0.1) is 0 Å². The number of anilines is 2. The lowest BCUT2D eigenvalue weighted by atomic mass is 10.1. The Hall–Kier alpha value is -2.73. The molecule has 2 aromatic rings. The van der Waals surface area contributed by atoms with E-state index in [1.807, 2.05) is 19.1 Å². The van der Waals surface area contributed by atoms with E-state index in [0.717, 1.165) is 5.56 Å². The molecule has 2 aliphatic rings. The number of rotatable bonds is 3. The van der Waals surface area contributed by atoms with Crippen LogP contribution < -0.4 is 19.7 Å². The highest BCUT2D eigenvalue weighted by Gasteiger charge is 2.35. The minimum Gasteiger partial charge on any atom is -0.486 e. The fourth-order valence-corrected chi connectivity index (χ4v) is 3.47. The third-order valence-electron chi connectivity index (χ3n) is 4.79. The SMILES string of the molecule is Cc1ccc(Cl)cc1NC(=O)C1CC(=O)N(c2ccc3c(c2)OCCO3)C1. The molecule has 0 saturated carbocycles. The van der Waals surface area contributed by atoms with Gasteiger partial charge in [-0.2, -0.15) is 0 Å². The topological polar surface area (TPSA) is 67.9 Å². The fourth-order valence-electron chi connectivity index (χ4n) is 3.30. The van der Waals surface area contributed by atoms with Gasteiger partial charge in [-0.1, -0.05) is 17.7 Å². The molecule has 2 aliphatic heterocycles. The first kappa shape index (κ1) is 17.7. The van der Waals surface area contributed by atoms with Crippen LogP contribution in [0.4, 0.5) is 11.4 Å². The first-order valence-electron chi connectivity index (χ1n) is 8.78. The average Bonchev–Trinajstić information content (AvgIpc) is 3.06. The fraction of sp³-hybridized carbons (Fsp3) is 0.300. The van der Waals surface area contributed by atoms with Crippen molar-refractivity contribution in [3.63, 3.8) is 0 Å². The first-order chi connectivity index (χ1) is 13.0. The summed E-state index contributed by atoms with van der Waals surface area (Å²) in [4.78, 5) is 26.8. The van der Waals surface area contributed by atoms with E-state index in [4.69, 9.17) is 21.1 Å². The van der Waals surface area contributed by atoms with Crippen LogP contribution in [0.1, 0.15) is 12.0 Å². The molecule has 6 nitrogen and oxygen atoms in total. The Labute approximate surface area is 162 Å². The van der Waals surface area contributed by atoms with Crippen molar-refractivity contribution in [1.82, 2.24) is 0 Å². The summed E-state index contributed by atoms with van der Waals surface area (Å²) in [6, 6.07) is 10.7. The van der Waals surface area contributed by atoms with Crippen LogP contribution in [0, 0.1) is 12.8 Å². The summed E-state index contributed by atoms with van der Waals surface area (Å²) in [5, 5.41) is 3.44. The molecule has 2 amide bonds. The van der Waals surface area contributed by atoms with Gasteiger partial charge in [0.25, 0.3) is 0 Å². The Kier molecular flexibility index (Phi) is 4.66. The minimum atomic E-state index is -0.427. The summed E-state index contributed by atoms with van der Waals surface area (Å²) in [5.74, 6) is 0.587. The Morgan fingerprint density at radius 2 is 1.93 bits per heavy atom. The third-order valence-corrected chi connectivity index (χ3v) is 5.03. The number of carbonyl (C=O) groups excluding carboxylic acids is 2. The third kappa shape index (κ3) is 3.57. The van der Waals surface area contributed by atoms with Gasteiger partial charge in [0.1, 0.15) is 13.2 Å². The monoisotopic (exact) mass is 386 g/mol. The van der Waals surface area contributed by atoms with Crippen LogP contribution in [0.25, 0.3) is 0 Å². The summed E-state index contributed by atoms with van der Waals surface area (Å²) in [6.45, 7) is 3.21. The quantitative estimate of drug-likeness (QED) is 0.877. The largest absolute Gasteiger partial charge is 0.486 e. The second-order valence-corrected chi connectivity index (χ2v) is 7.12. The van der Waals surface area contributed by atoms with Crippen LogP contribution in [-0.4, -0.2) is 31.6 Å². The van der Waals surface area contributed by atoms with Gasteiger partial charge >= 0.3 is 0 Å². The molecular weight excluding hydrogens is 368 g/mol.